The second kappa shape index (κ2) is 5.81. The summed E-state index contributed by atoms with van der Waals surface area (Å²) in [5.74, 6) is -0.242. The minimum absolute atomic E-state index is 0.242. The molecule has 3 N–H and O–H groups in total. The van der Waals surface area contributed by atoms with Gasteiger partial charge in [0.05, 0.1) is 0 Å². The minimum atomic E-state index is -0.242. The Balaban J connectivity index is 2.01. The quantitative estimate of drug-likeness (QED) is 0.896. The molecule has 0 bridgehead atoms. The Kier molecular flexibility index (Phi) is 4.13. The Bertz CT molecular complexity index is 562. The molecule has 0 unspecified atom stereocenters. The van der Waals surface area contributed by atoms with E-state index in [-0.39, 0.29) is 5.91 Å². The van der Waals surface area contributed by atoms with Crippen LogP contribution < -0.4 is 11.1 Å². The van der Waals surface area contributed by atoms with Crippen molar-refractivity contribution in [2.45, 2.75) is 6.54 Å². The van der Waals surface area contributed by atoms with Crippen molar-refractivity contribution in [3.63, 3.8) is 0 Å². The lowest BCUT2D eigenvalue weighted by molar-refractivity contribution is 0.102. The van der Waals surface area contributed by atoms with Gasteiger partial charge in [0.15, 0.2) is 5.13 Å². The maximum Gasteiger partial charge on any atom is 0.275 e. The molecule has 0 atom stereocenters. The summed E-state index contributed by atoms with van der Waals surface area (Å²) in [6.45, 7) is 0.872. The molecule has 0 aliphatic carbocycles. The Morgan fingerprint density at radius 2 is 2.05 bits per heavy atom. The Morgan fingerprint density at radius 3 is 2.58 bits per heavy atom. The van der Waals surface area contributed by atoms with Crippen molar-refractivity contribution >= 4 is 28.1 Å². The summed E-state index contributed by atoms with van der Waals surface area (Å²) < 4.78 is 0. The van der Waals surface area contributed by atoms with Crippen molar-refractivity contribution in [3.8, 4) is 0 Å². The number of benzene rings is 1. The lowest BCUT2D eigenvalue weighted by Gasteiger charge is -2.10. The van der Waals surface area contributed by atoms with E-state index in [4.69, 9.17) is 5.73 Å². The Hall–Kier alpha value is -1.92. The van der Waals surface area contributed by atoms with E-state index in [9.17, 15) is 4.79 Å². The SMILES string of the molecule is CN(C)Cc1ccc(NC(=O)c2csc(N)n2)cc1. The summed E-state index contributed by atoms with van der Waals surface area (Å²) in [4.78, 5) is 17.9. The van der Waals surface area contributed by atoms with Crippen LogP contribution >= 0.6 is 11.3 Å². The molecule has 0 fully saturated rings. The molecule has 1 aromatic carbocycles. The van der Waals surface area contributed by atoms with E-state index in [0.717, 1.165) is 12.2 Å². The number of nitrogens with two attached hydrogens (primary N) is 1. The second-order valence-corrected chi connectivity index (χ2v) is 5.35. The molecule has 0 saturated heterocycles. The maximum atomic E-state index is 11.9. The van der Waals surface area contributed by atoms with Crippen LogP contribution in [0.25, 0.3) is 0 Å². The van der Waals surface area contributed by atoms with Crippen LogP contribution in [0, 0.1) is 0 Å². The van der Waals surface area contributed by atoms with Crippen LogP contribution in [0.2, 0.25) is 0 Å². The van der Waals surface area contributed by atoms with E-state index in [2.05, 4.69) is 15.2 Å². The van der Waals surface area contributed by atoms with Gasteiger partial charge in [-0.2, -0.15) is 0 Å². The number of anilines is 2. The normalized spacial score (nSPS) is 10.7. The first-order chi connectivity index (χ1) is 9.04. The predicted octanol–water partition coefficient (Wildman–Crippen LogP) is 2.04. The van der Waals surface area contributed by atoms with E-state index in [1.807, 2.05) is 38.4 Å². The lowest BCUT2D eigenvalue weighted by Crippen LogP contribution is -2.13. The van der Waals surface area contributed by atoms with E-state index in [0.29, 0.717) is 10.8 Å². The summed E-state index contributed by atoms with van der Waals surface area (Å²) in [6.07, 6.45) is 0. The molecule has 2 rings (SSSR count). The third kappa shape index (κ3) is 3.77. The number of carbonyl (C=O) groups excluding carboxylic acids is 1. The number of hydrogen-bond acceptors (Lipinski definition) is 5. The van der Waals surface area contributed by atoms with Gasteiger partial charge in [0, 0.05) is 17.6 Å². The first-order valence-corrected chi connectivity index (χ1v) is 6.68. The number of thiazole rings is 1. The van der Waals surface area contributed by atoms with Gasteiger partial charge in [0.1, 0.15) is 5.69 Å². The summed E-state index contributed by atoms with van der Waals surface area (Å²) in [7, 11) is 4.03. The largest absolute Gasteiger partial charge is 0.375 e. The maximum absolute atomic E-state index is 11.9. The number of nitrogens with one attached hydrogen (secondary N) is 1. The van der Waals surface area contributed by atoms with E-state index < -0.39 is 0 Å². The number of rotatable bonds is 4. The molecule has 19 heavy (non-hydrogen) atoms. The first kappa shape index (κ1) is 13.5. The fourth-order valence-corrected chi connectivity index (χ4v) is 2.19. The van der Waals surface area contributed by atoms with Crippen molar-refractivity contribution in [2.75, 3.05) is 25.1 Å². The minimum Gasteiger partial charge on any atom is -0.375 e. The number of hydrogen-bond donors (Lipinski definition) is 2. The summed E-state index contributed by atoms with van der Waals surface area (Å²) >= 11 is 1.25. The zero-order valence-corrected chi connectivity index (χ0v) is 11.7. The van der Waals surface area contributed by atoms with Crippen LogP contribution in [0.4, 0.5) is 10.8 Å². The van der Waals surface area contributed by atoms with Crippen molar-refractivity contribution in [3.05, 3.63) is 40.9 Å². The van der Waals surface area contributed by atoms with Crippen molar-refractivity contribution in [1.82, 2.24) is 9.88 Å². The molecule has 0 spiro atoms. The molecule has 2 aromatic rings. The molecule has 1 heterocycles. The summed E-state index contributed by atoms with van der Waals surface area (Å²) in [5.41, 5.74) is 7.79. The number of amides is 1. The average Bonchev–Trinajstić information content (AvgIpc) is 2.78. The van der Waals surface area contributed by atoms with Crippen LogP contribution in [-0.2, 0) is 6.54 Å². The third-order valence-electron chi connectivity index (χ3n) is 2.47. The van der Waals surface area contributed by atoms with Crippen LogP contribution in [0.1, 0.15) is 16.1 Å². The Labute approximate surface area is 116 Å². The van der Waals surface area contributed by atoms with Gasteiger partial charge in [0.25, 0.3) is 5.91 Å². The molecule has 0 aliphatic rings. The lowest BCUT2D eigenvalue weighted by atomic mass is 10.2. The zero-order valence-electron chi connectivity index (χ0n) is 10.9. The number of nitrogens with zero attached hydrogens (tertiary/aromatic N) is 2. The van der Waals surface area contributed by atoms with Gasteiger partial charge in [0.2, 0.25) is 0 Å². The highest BCUT2D eigenvalue weighted by atomic mass is 32.1. The van der Waals surface area contributed by atoms with Gasteiger partial charge in [-0.05, 0) is 31.8 Å². The average molecular weight is 276 g/mol. The fraction of sp³-hybridized carbons (Fsp3) is 0.231. The highest BCUT2D eigenvalue weighted by molar-refractivity contribution is 7.13. The molecular weight excluding hydrogens is 260 g/mol. The molecule has 0 saturated carbocycles. The standard InChI is InChI=1S/C13H16N4OS/c1-17(2)7-9-3-5-10(6-4-9)15-12(18)11-8-19-13(14)16-11/h3-6,8H,7H2,1-2H3,(H2,14,16)(H,15,18). The second-order valence-electron chi connectivity index (χ2n) is 4.46. The highest BCUT2D eigenvalue weighted by Gasteiger charge is 2.09. The number of nitrogen functional groups attached to an aromatic ring is 1. The summed E-state index contributed by atoms with van der Waals surface area (Å²) in [6, 6.07) is 7.75. The van der Waals surface area contributed by atoms with E-state index >= 15 is 0 Å². The van der Waals surface area contributed by atoms with Gasteiger partial charge >= 0.3 is 0 Å². The molecule has 100 valence electrons. The molecule has 6 heteroatoms. The number of carbonyl (C=O) groups is 1. The fourth-order valence-electron chi connectivity index (χ4n) is 1.65. The molecule has 1 amide bonds. The predicted molar refractivity (Wildman–Crippen MR) is 78.3 cm³/mol. The Morgan fingerprint density at radius 1 is 1.37 bits per heavy atom. The zero-order chi connectivity index (χ0) is 13.8. The van der Waals surface area contributed by atoms with Crippen molar-refractivity contribution in [2.24, 2.45) is 0 Å². The van der Waals surface area contributed by atoms with Crippen molar-refractivity contribution < 1.29 is 4.79 Å². The highest BCUT2D eigenvalue weighted by Crippen LogP contribution is 2.15. The van der Waals surface area contributed by atoms with Crippen molar-refractivity contribution in [1.29, 1.82) is 0 Å². The smallest absolute Gasteiger partial charge is 0.275 e. The van der Waals surface area contributed by atoms with E-state index in [1.165, 1.54) is 16.9 Å². The molecular formula is C13H16N4OS. The third-order valence-corrected chi connectivity index (χ3v) is 3.14. The molecule has 0 aliphatic heterocycles. The topological polar surface area (TPSA) is 71.2 Å². The van der Waals surface area contributed by atoms with Gasteiger partial charge in [-0.25, -0.2) is 4.98 Å². The number of aromatic nitrogens is 1. The summed E-state index contributed by atoms with van der Waals surface area (Å²) in [5, 5.41) is 4.83. The van der Waals surface area contributed by atoms with Gasteiger partial charge in [-0.3, -0.25) is 4.79 Å². The van der Waals surface area contributed by atoms with Gasteiger partial charge < -0.3 is 16.0 Å². The van der Waals surface area contributed by atoms with Gasteiger partial charge in [-0.15, -0.1) is 11.3 Å². The monoisotopic (exact) mass is 276 g/mol. The molecule has 5 nitrogen and oxygen atoms in total. The van der Waals surface area contributed by atoms with Crippen LogP contribution in [-0.4, -0.2) is 29.9 Å². The molecule has 1 aromatic heterocycles. The molecule has 0 radical (unpaired) electrons. The first-order valence-electron chi connectivity index (χ1n) is 5.80. The van der Waals surface area contributed by atoms with Gasteiger partial charge in [-0.1, -0.05) is 12.1 Å². The van der Waals surface area contributed by atoms with E-state index in [1.54, 1.807) is 5.38 Å². The van der Waals surface area contributed by atoms with Crippen LogP contribution in [0.15, 0.2) is 29.6 Å². The van der Waals surface area contributed by atoms with Crippen LogP contribution in [0.3, 0.4) is 0 Å². The van der Waals surface area contributed by atoms with Crippen LogP contribution in [0.5, 0.6) is 0 Å².